The molecule has 0 spiro atoms. The molecule has 0 unspecified atom stereocenters. The molecule has 0 bridgehead atoms. The molecule has 0 amide bonds. The maximum atomic E-state index is 12.5. The molecular formula is C21H19N3O. The lowest BCUT2D eigenvalue weighted by Crippen LogP contribution is -2.12. The summed E-state index contributed by atoms with van der Waals surface area (Å²) in [5.74, 6) is 0.162. The monoisotopic (exact) mass is 329 g/mol. The summed E-state index contributed by atoms with van der Waals surface area (Å²) in [5.41, 5.74) is 6.77. The molecule has 0 N–H and O–H groups in total. The van der Waals surface area contributed by atoms with Crippen molar-refractivity contribution in [1.82, 2.24) is 15.0 Å². The van der Waals surface area contributed by atoms with Crippen molar-refractivity contribution in [3.05, 3.63) is 52.8 Å². The van der Waals surface area contributed by atoms with Gasteiger partial charge in [0.05, 0.1) is 11.4 Å². The van der Waals surface area contributed by atoms with Crippen molar-refractivity contribution < 1.29 is 4.79 Å². The van der Waals surface area contributed by atoms with Gasteiger partial charge >= 0.3 is 0 Å². The molecule has 4 nitrogen and oxygen atoms in total. The number of rotatable bonds is 0. The standard InChI is InChI=1S/C21H19N3O/c25-17-7-3-1-2-5-14-11-16-12-15-9-8-13-6-4-10-22-19(13)20(15)24-21(16)23-18(14)17/h4,6,10-12H,1-3,5,7-9H2. The molecule has 0 saturated carbocycles. The van der Waals surface area contributed by atoms with Gasteiger partial charge in [-0.15, -0.1) is 0 Å². The van der Waals surface area contributed by atoms with Crippen LogP contribution < -0.4 is 0 Å². The van der Waals surface area contributed by atoms with Crippen LogP contribution in [0.25, 0.3) is 22.4 Å². The Hall–Kier alpha value is -2.62. The summed E-state index contributed by atoms with van der Waals surface area (Å²) in [7, 11) is 0. The highest BCUT2D eigenvalue weighted by Crippen LogP contribution is 2.33. The van der Waals surface area contributed by atoms with E-state index in [1.807, 2.05) is 12.3 Å². The lowest BCUT2D eigenvalue weighted by atomic mass is 9.91. The van der Waals surface area contributed by atoms with E-state index in [1.165, 1.54) is 11.1 Å². The molecule has 2 aliphatic rings. The molecule has 0 aliphatic heterocycles. The molecule has 0 radical (unpaired) electrons. The van der Waals surface area contributed by atoms with Gasteiger partial charge in [-0.25, -0.2) is 9.97 Å². The van der Waals surface area contributed by atoms with Crippen molar-refractivity contribution in [2.24, 2.45) is 0 Å². The van der Waals surface area contributed by atoms with E-state index in [0.29, 0.717) is 17.8 Å². The Morgan fingerprint density at radius 3 is 2.44 bits per heavy atom. The SMILES string of the molecule is O=C1CCCCCc2cc3cc4c(nc3nc21)-c1ncccc1CC4. The third-order valence-electron chi connectivity index (χ3n) is 5.35. The summed E-state index contributed by atoms with van der Waals surface area (Å²) in [6, 6.07) is 8.44. The largest absolute Gasteiger partial charge is 0.292 e. The molecule has 3 aromatic heterocycles. The fraction of sp³-hybridized carbons (Fsp3) is 0.333. The lowest BCUT2D eigenvalue weighted by molar-refractivity contribution is 0.0971. The van der Waals surface area contributed by atoms with E-state index in [0.717, 1.165) is 60.9 Å². The summed E-state index contributed by atoms with van der Waals surface area (Å²) < 4.78 is 0. The molecule has 4 heteroatoms. The highest BCUT2D eigenvalue weighted by Gasteiger charge is 2.22. The van der Waals surface area contributed by atoms with Crippen molar-refractivity contribution in [1.29, 1.82) is 0 Å². The minimum atomic E-state index is 0.162. The van der Waals surface area contributed by atoms with Crippen molar-refractivity contribution in [3.63, 3.8) is 0 Å². The van der Waals surface area contributed by atoms with Gasteiger partial charge in [0.25, 0.3) is 0 Å². The van der Waals surface area contributed by atoms with Gasteiger partial charge in [0.15, 0.2) is 11.4 Å². The number of pyridine rings is 3. The Morgan fingerprint density at radius 2 is 1.52 bits per heavy atom. The smallest absolute Gasteiger partial charge is 0.181 e. The van der Waals surface area contributed by atoms with E-state index in [-0.39, 0.29) is 5.78 Å². The van der Waals surface area contributed by atoms with Crippen LogP contribution in [-0.2, 0) is 19.3 Å². The Bertz CT molecular complexity index is 1010. The molecule has 0 fully saturated rings. The number of ketones is 1. The third-order valence-corrected chi connectivity index (χ3v) is 5.35. The van der Waals surface area contributed by atoms with E-state index in [1.54, 1.807) is 0 Å². The second kappa shape index (κ2) is 5.73. The first-order valence-corrected chi connectivity index (χ1v) is 9.10. The van der Waals surface area contributed by atoms with E-state index in [9.17, 15) is 4.79 Å². The first-order valence-electron chi connectivity index (χ1n) is 9.10. The number of nitrogens with zero attached hydrogens (tertiary/aromatic N) is 3. The molecule has 0 saturated heterocycles. The number of aromatic nitrogens is 3. The van der Waals surface area contributed by atoms with Gasteiger partial charge < -0.3 is 0 Å². The van der Waals surface area contributed by atoms with Crippen LogP contribution in [0.1, 0.15) is 52.9 Å². The van der Waals surface area contributed by atoms with Crippen LogP contribution in [0, 0.1) is 0 Å². The zero-order valence-corrected chi connectivity index (χ0v) is 14.1. The third kappa shape index (κ3) is 2.44. The molecular weight excluding hydrogens is 310 g/mol. The second-order valence-electron chi connectivity index (χ2n) is 7.03. The molecule has 3 heterocycles. The van der Waals surface area contributed by atoms with Gasteiger partial charge in [-0.1, -0.05) is 12.5 Å². The fourth-order valence-electron chi connectivity index (χ4n) is 4.04. The molecule has 3 aromatic rings. The molecule has 124 valence electrons. The van der Waals surface area contributed by atoms with Crippen molar-refractivity contribution in [2.75, 3.05) is 0 Å². The van der Waals surface area contributed by atoms with E-state index < -0.39 is 0 Å². The predicted molar refractivity (Wildman–Crippen MR) is 96.7 cm³/mol. The summed E-state index contributed by atoms with van der Waals surface area (Å²) in [4.78, 5) is 26.5. The Labute approximate surface area is 146 Å². The highest BCUT2D eigenvalue weighted by molar-refractivity contribution is 5.98. The topological polar surface area (TPSA) is 55.7 Å². The number of fused-ring (bicyclic) bond motifs is 5. The average Bonchev–Trinajstić information content (AvgIpc) is 2.64. The summed E-state index contributed by atoms with van der Waals surface area (Å²) in [5, 5.41) is 1.05. The van der Waals surface area contributed by atoms with Crippen LogP contribution in [-0.4, -0.2) is 20.7 Å². The second-order valence-corrected chi connectivity index (χ2v) is 7.03. The van der Waals surface area contributed by atoms with Gasteiger partial charge in [-0.05, 0) is 67.0 Å². The number of carbonyl (C=O) groups excluding carboxylic acids is 1. The molecule has 5 rings (SSSR count). The van der Waals surface area contributed by atoms with Gasteiger partial charge in [0.1, 0.15) is 5.69 Å². The van der Waals surface area contributed by atoms with Crippen molar-refractivity contribution in [2.45, 2.75) is 44.9 Å². The number of carbonyl (C=O) groups is 1. The molecule has 25 heavy (non-hydrogen) atoms. The highest BCUT2D eigenvalue weighted by atomic mass is 16.1. The average molecular weight is 329 g/mol. The zero-order chi connectivity index (χ0) is 16.8. The molecule has 0 aromatic carbocycles. The van der Waals surface area contributed by atoms with Crippen LogP contribution in [0.2, 0.25) is 0 Å². The number of aryl methyl sites for hydroxylation is 3. The van der Waals surface area contributed by atoms with Crippen molar-refractivity contribution in [3.8, 4) is 11.4 Å². The summed E-state index contributed by atoms with van der Waals surface area (Å²) >= 11 is 0. The Morgan fingerprint density at radius 1 is 0.760 bits per heavy atom. The number of hydrogen-bond donors (Lipinski definition) is 0. The first kappa shape index (κ1) is 14.7. The number of Topliss-reactive ketones (excluding diaryl/α,β-unsaturated/α-hetero) is 1. The van der Waals surface area contributed by atoms with Crippen LogP contribution in [0.15, 0.2) is 30.5 Å². The van der Waals surface area contributed by atoms with E-state index in [4.69, 9.17) is 9.97 Å². The van der Waals surface area contributed by atoms with Gasteiger partial charge in [-0.3, -0.25) is 9.78 Å². The maximum absolute atomic E-state index is 12.5. The van der Waals surface area contributed by atoms with Gasteiger partial charge in [0, 0.05) is 18.0 Å². The quantitative estimate of drug-likeness (QED) is 0.623. The molecule has 0 atom stereocenters. The summed E-state index contributed by atoms with van der Waals surface area (Å²) in [6.07, 6.45) is 8.54. The van der Waals surface area contributed by atoms with Gasteiger partial charge in [0.2, 0.25) is 0 Å². The van der Waals surface area contributed by atoms with Crippen molar-refractivity contribution >= 4 is 16.8 Å². The molecule has 2 aliphatic carbocycles. The predicted octanol–water partition coefficient (Wildman–Crippen LogP) is 4.09. The minimum Gasteiger partial charge on any atom is -0.292 e. The van der Waals surface area contributed by atoms with E-state index in [2.05, 4.69) is 23.2 Å². The minimum absolute atomic E-state index is 0.162. The van der Waals surface area contributed by atoms with Crippen LogP contribution in [0.5, 0.6) is 0 Å². The zero-order valence-electron chi connectivity index (χ0n) is 14.1. The number of hydrogen-bond acceptors (Lipinski definition) is 4. The Balaban J connectivity index is 1.73. The first-order chi connectivity index (χ1) is 12.3. The summed E-state index contributed by atoms with van der Waals surface area (Å²) in [6.45, 7) is 0. The van der Waals surface area contributed by atoms with Crippen LogP contribution in [0.4, 0.5) is 0 Å². The van der Waals surface area contributed by atoms with E-state index >= 15 is 0 Å². The lowest BCUT2D eigenvalue weighted by Gasteiger charge is -2.19. The Kier molecular flexibility index (Phi) is 3.37. The fourth-order valence-corrected chi connectivity index (χ4v) is 4.04. The van der Waals surface area contributed by atoms with Crippen LogP contribution >= 0.6 is 0 Å². The van der Waals surface area contributed by atoms with Crippen LogP contribution in [0.3, 0.4) is 0 Å². The van der Waals surface area contributed by atoms with Gasteiger partial charge in [-0.2, -0.15) is 0 Å². The normalized spacial score (nSPS) is 16.6. The maximum Gasteiger partial charge on any atom is 0.181 e.